The van der Waals surface area contributed by atoms with Crippen LogP contribution in [0.25, 0.3) is 0 Å². The van der Waals surface area contributed by atoms with Gasteiger partial charge in [0.1, 0.15) is 0 Å². The first-order valence-electron chi connectivity index (χ1n) is 15.7. The van der Waals surface area contributed by atoms with E-state index in [0.717, 1.165) is 0 Å². The second-order valence-electron chi connectivity index (χ2n) is 11.1. The van der Waals surface area contributed by atoms with Crippen molar-refractivity contribution >= 4 is 47.0 Å². The summed E-state index contributed by atoms with van der Waals surface area (Å²) >= 11 is 0. The molecule has 4 unspecified atom stereocenters. The third-order valence-electron chi connectivity index (χ3n) is 7.22. The molecule has 0 aliphatic carbocycles. The summed E-state index contributed by atoms with van der Waals surface area (Å²) in [4.78, 5) is 87.0. The molecule has 0 radical (unpaired) electrons. The van der Waals surface area contributed by atoms with Gasteiger partial charge in [-0.2, -0.15) is 0 Å². The van der Waals surface area contributed by atoms with Crippen molar-refractivity contribution in [1.82, 2.24) is 0 Å². The minimum Gasteiger partial charge on any atom is -0.549 e. The second kappa shape index (κ2) is 24.4. The van der Waals surface area contributed by atoms with Crippen molar-refractivity contribution in [1.29, 1.82) is 0 Å². The van der Waals surface area contributed by atoms with Crippen LogP contribution in [-0.2, 0) is 40.9 Å². The molecule has 0 aliphatic heterocycles. The Morgan fingerprint density at radius 2 is 0.453 bits per heavy atom. The van der Waals surface area contributed by atoms with Crippen LogP contribution in [-0.4, -0.2) is 47.0 Å². The number of carboxylic acid groups (broad SMARTS) is 4. The van der Waals surface area contributed by atoms with Gasteiger partial charge in [0.25, 0.3) is 0 Å². The molecule has 272 valence electrons. The fourth-order valence-corrected chi connectivity index (χ4v) is 3.84. The molecule has 0 spiro atoms. The predicted octanol–water partition coefficient (Wildman–Crippen LogP) is 1.02. The van der Waals surface area contributed by atoms with Gasteiger partial charge in [-0.25, -0.2) is 0 Å². The van der Waals surface area contributed by atoms with E-state index in [1.807, 2.05) is 0 Å². The maximum absolute atomic E-state index is 11.4. The summed E-state index contributed by atoms with van der Waals surface area (Å²) in [5, 5.41) is 41.5. The normalized spacial score (nSPS) is 11.8. The van der Waals surface area contributed by atoms with Crippen molar-refractivity contribution in [2.45, 2.75) is 27.7 Å². The van der Waals surface area contributed by atoms with Crippen molar-refractivity contribution < 1.29 is 80.5 Å². The Morgan fingerprint density at radius 1 is 0.321 bits per heavy atom. The average molecular weight is 757 g/mol. The third-order valence-corrected chi connectivity index (χ3v) is 7.22. The number of carbonyl (C=O) groups excluding carboxylic acids is 8. The van der Waals surface area contributed by atoms with Crippen LogP contribution < -0.4 is 20.4 Å². The van der Waals surface area contributed by atoms with Crippen molar-refractivity contribution in [3.63, 3.8) is 0 Å². The smallest absolute Gasteiger partial charge is 0.549 e. The first-order valence-corrected chi connectivity index (χ1v) is 15.7. The van der Waals surface area contributed by atoms with Crippen LogP contribution in [0.2, 0.25) is 0 Å². The Balaban J connectivity index is 0.000000676. The molecular formula is C40H36O12Ti. The standard InChI is InChI=1S/4C10H10O3.Ti/c4*1-7(10(12)13)9(11)8-5-3-2-4-6-8;/h4*2-7H,1H3,(H,12,13);/q;;;;+4/p-4. The van der Waals surface area contributed by atoms with E-state index in [-0.39, 0.29) is 21.7 Å². The Kier molecular flexibility index (Phi) is 21.7. The Labute approximate surface area is 321 Å². The van der Waals surface area contributed by atoms with Gasteiger partial charge in [-0.15, -0.1) is 0 Å². The van der Waals surface area contributed by atoms with Crippen molar-refractivity contribution in [3.05, 3.63) is 144 Å². The van der Waals surface area contributed by atoms with Gasteiger partial charge < -0.3 is 39.6 Å². The largest absolute Gasteiger partial charge is 4.00 e. The van der Waals surface area contributed by atoms with Gasteiger partial charge in [-0.05, 0) is 27.7 Å². The zero-order valence-corrected chi connectivity index (χ0v) is 30.8. The first-order chi connectivity index (χ1) is 24.5. The summed E-state index contributed by atoms with van der Waals surface area (Å²) in [5.41, 5.74) is 1.61. The molecule has 0 saturated heterocycles. The number of ketones is 4. The molecule has 0 aliphatic rings. The number of aliphatic carboxylic acids is 4. The van der Waals surface area contributed by atoms with E-state index >= 15 is 0 Å². The van der Waals surface area contributed by atoms with E-state index in [9.17, 15) is 58.8 Å². The van der Waals surface area contributed by atoms with Crippen LogP contribution in [0.15, 0.2) is 121 Å². The number of hydrogen-bond donors (Lipinski definition) is 0. The summed E-state index contributed by atoms with van der Waals surface area (Å²) in [6, 6.07) is 33.3. The monoisotopic (exact) mass is 756 g/mol. The maximum Gasteiger partial charge on any atom is 4.00 e. The van der Waals surface area contributed by atoms with E-state index in [1.54, 1.807) is 121 Å². The van der Waals surface area contributed by atoms with Gasteiger partial charge in [0.2, 0.25) is 0 Å². The number of benzene rings is 4. The zero-order chi connectivity index (χ0) is 39.4. The fourth-order valence-electron chi connectivity index (χ4n) is 3.84. The number of hydrogen-bond acceptors (Lipinski definition) is 12. The molecule has 13 heteroatoms. The molecule has 0 saturated carbocycles. The van der Waals surface area contributed by atoms with Gasteiger partial charge in [0, 0.05) is 22.3 Å². The van der Waals surface area contributed by atoms with Crippen LogP contribution >= 0.6 is 0 Å². The molecule has 0 heterocycles. The Hall–Kier alpha value is -5.85. The van der Waals surface area contributed by atoms with E-state index in [1.165, 1.54) is 27.7 Å². The molecule has 4 rings (SSSR count). The van der Waals surface area contributed by atoms with Crippen LogP contribution in [0.3, 0.4) is 0 Å². The fraction of sp³-hybridized carbons (Fsp3) is 0.200. The topological polar surface area (TPSA) is 229 Å². The zero-order valence-electron chi connectivity index (χ0n) is 29.3. The molecule has 4 aromatic carbocycles. The van der Waals surface area contributed by atoms with Gasteiger partial charge in [0.05, 0.1) is 47.5 Å². The summed E-state index contributed by atoms with van der Waals surface area (Å²) in [5.74, 6) is -11.3. The molecule has 0 bridgehead atoms. The van der Waals surface area contributed by atoms with Gasteiger partial charge in [0.15, 0.2) is 23.1 Å². The quantitative estimate of drug-likeness (QED) is 0.112. The Morgan fingerprint density at radius 3 is 0.566 bits per heavy atom. The van der Waals surface area contributed by atoms with Crippen molar-refractivity contribution in [2.24, 2.45) is 23.7 Å². The summed E-state index contributed by atoms with van der Waals surface area (Å²) in [6.45, 7) is 5.30. The molecule has 4 aromatic rings. The maximum atomic E-state index is 11.4. The number of carboxylic acids is 4. The first kappa shape index (κ1) is 47.2. The van der Waals surface area contributed by atoms with Crippen molar-refractivity contribution in [2.75, 3.05) is 0 Å². The van der Waals surface area contributed by atoms with E-state index in [0.29, 0.717) is 22.3 Å². The van der Waals surface area contributed by atoms with Gasteiger partial charge >= 0.3 is 21.7 Å². The molecule has 0 amide bonds. The third kappa shape index (κ3) is 16.4. The van der Waals surface area contributed by atoms with E-state index in [2.05, 4.69) is 0 Å². The molecule has 12 nitrogen and oxygen atoms in total. The minimum atomic E-state index is -1.34. The summed E-state index contributed by atoms with van der Waals surface area (Å²) in [6.07, 6.45) is 0. The molecular weight excluding hydrogens is 720 g/mol. The van der Waals surface area contributed by atoms with Crippen LogP contribution in [0.1, 0.15) is 69.1 Å². The van der Waals surface area contributed by atoms with E-state index < -0.39 is 70.7 Å². The van der Waals surface area contributed by atoms with Gasteiger partial charge in [-0.1, -0.05) is 121 Å². The minimum absolute atomic E-state index is 0. The van der Waals surface area contributed by atoms with Crippen LogP contribution in [0.5, 0.6) is 0 Å². The van der Waals surface area contributed by atoms with Crippen molar-refractivity contribution in [3.8, 4) is 0 Å². The predicted molar refractivity (Wildman–Crippen MR) is 180 cm³/mol. The molecule has 4 atom stereocenters. The molecule has 0 fully saturated rings. The molecule has 0 aromatic heterocycles. The van der Waals surface area contributed by atoms with E-state index in [4.69, 9.17) is 0 Å². The molecule has 53 heavy (non-hydrogen) atoms. The summed E-state index contributed by atoms with van der Waals surface area (Å²) in [7, 11) is 0. The Bertz CT molecular complexity index is 1540. The number of Topliss-reactive ketones (excluding diaryl/α,β-unsaturated/α-hetero) is 4. The average Bonchev–Trinajstić information content (AvgIpc) is 3.17. The van der Waals surface area contributed by atoms with Gasteiger partial charge in [-0.3, -0.25) is 19.2 Å². The molecule has 0 N–H and O–H groups in total. The van der Waals surface area contributed by atoms with Crippen LogP contribution in [0, 0.1) is 23.7 Å². The number of rotatable bonds is 12. The summed E-state index contributed by atoms with van der Waals surface area (Å²) < 4.78 is 0. The number of carbonyl (C=O) groups is 8. The second-order valence-corrected chi connectivity index (χ2v) is 11.1. The van der Waals surface area contributed by atoms with Crippen LogP contribution in [0.4, 0.5) is 0 Å². The SMILES string of the molecule is CC(C(=O)[O-])C(=O)c1ccccc1.CC(C(=O)[O-])C(=O)c1ccccc1.CC(C(=O)[O-])C(=O)c1ccccc1.CC(C(=O)[O-])C(=O)c1ccccc1.[Ti+4].